The first-order chi connectivity index (χ1) is 15.4. The summed E-state index contributed by atoms with van der Waals surface area (Å²) in [5.74, 6) is 0.321. The summed E-state index contributed by atoms with van der Waals surface area (Å²) in [5, 5.41) is 0. The molecule has 0 radical (unpaired) electrons. The van der Waals surface area contributed by atoms with E-state index in [9.17, 15) is 13.2 Å². The van der Waals surface area contributed by atoms with Crippen LogP contribution in [0.5, 0.6) is 11.8 Å². The Kier molecular flexibility index (Phi) is 7.06. The van der Waals surface area contributed by atoms with Gasteiger partial charge in [-0.2, -0.15) is 18.2 Å². The number of aromatic nitrogens is 2. The van der Waals surface area contributed by atoms with E-state index in [1.807, 2.05) is 6.07 Å². The van der Waals surface area contributed by atoms with E-state index in [1.54, 1.807) is 25.2 Å². The molecule has 2 aromatic rings. The molecule has 0 unspecified atom stereocenters. The molecule has 4 rings (SSSR count). The van der Waals surface area contributed by atoms with Crippen LogP contribution >= 0.6 is 0 Å². The summed E-state index contributed by atoms with van der Waals surface area (Å²) in [6.07, 6.45) is 6.56. The monoisotopic (exact) mass is 449 g/mol. The van der Waals surface area contributed by atoms with Crippen molar-refractivity contribution < 1.29 is 22.6 Å². The van der Waals surface area contributed by atoms with E-state index in [2.05, 4.69) is 9.97 Å². The highest BCUT2D eigenvalue weighted by molar-refractivity contribution is 5.68. The van der Waals surface area contributed by atoms with Crippen molar-refractivity contribution >= 4 is 11.5 Å². The van der Waals surface area contributed by atoms with Gasteiger partial charge in [-0.15, -0.1) is 0 Å². The molecule has 2 aliphatic rings. The lowest BCUT2D eigenvalue weighted by Gasteiger charge is -2.28. The summed E-state index contributed by atoms with van der Waals surface area (Å²) < 4.78 is 53.5. The molecule has 2 saturated carbocycles. The molecule has 5 nitrogen and oxygen atoms in total. The quantitative estimate of drug-likeness (QED) is 0.492. The largest absolute Gasteiger partial charge is 0.488 e. The first-order valence-corrected chi connectivity index (χ1v) is 11.5. The number of anilines is 2. The standard InChI is InChI=1S/C24H30F3N3O2/c1-30(20-14-8-9-15-21(20)31-17-10-4-2-5-11-17)22-19(24(25,26)27)16-28-23(29-22)32-18-12-6-3-7-13-18/h8-9,14-18H,2-7,10-13H2,1H3. The maximum Gasteiger partial charge on any atom is 0.421 e. The number of alkyl halides is 3. The lowest BCUT2D eigenvalue weighted by Crippen LogP contribution is -2.24. The number of para-hydroxylation sites is 2. The third-order valence-electron chi connectivity index (χ3n) is 6.27. The fourth-order valence-corrected chi connectivity index (χ4v) is 4.51. The SMILES string of the molecule is CN(c1ccccc1OC1CCCCC1)c1nc(OC2CCCCC2)ncc1C(F)(F)F. The van der Waals surface area contributed by atoms with Crippen LogP contribution in [0, 0.1) is 0 Å². The predicted molar refractivity (Wildman–Crippen MR) is 117 cm³/mol. The van der Waals surface area contributed by atoms with Gasteiger partial charge in [-0.05, 0) is 63.5 Å². The highest BCUT2D eigenvalue weighted by Crippen LogP contribution is 2.41. The molecule has 1 aromatic heterocycles. The van der Waals surface area contributed by atoms with Crippen LogP contribution < -0.4 is 14.4 Å². The Morgan fingerprint density at radius 2 is 1.47 bits per heavy atom. The molecule has 1 heterocycles. The van der Waals surface area contributed by atoms with E-state index in [-0.39, 0.29) is 24.0 Å². The van der Waals surface area contributed by atoms with Gasteiger partial charge in [0.1, 0.15) is 17.4 Å². The maximum atomic E-state index is 13.8. The van der Waals surface area contributed by atoms with Gasteiger partial charge in [0, 0.05) is 13.2 Å². The lowest BCUT2D eigenvalue weighted by molar-refractivity contribution is -0.137. The van der Waals surface area contributed by atoms with Crippen molar-refractivity contribution in [2.24, 2.45) is 0 Å². The van der Waals surface area contributed by atoms with Crippen molar-refractivity contribution in [3.8, 4) is 11.8 Å². The van der Waals surface area contributed by atoms with Gasteiger partial charge in [-0.3, -0.25) is 0 Å². The minimum absolute atomic E-state index is 0.0163. The normalized spacial score (nSPS) is 18.4. The number of nitrogens with zero attached hydrogens (tertiary/aromatic N) is 3. The summed E-state index contributed by atoms with van der Waals surface area (Å²) in [6, 6.07) is 7.15. The molecule has 0 bridgehead atoms. The maximum absolute atomic E-state index is 13.8. The fraction of sp³-hybridized carbons (Fsp3) is 0.583. The van der Waals surface area contributed by atoms with Gasteiger partial charge in [-0.1, -0.05) is 25.0 Å². The summed E-state index contributed by atoms with van der Waals surface area (Å²) in [5.41, 5.74) is -0.366. The van der Waals surface area contributed by atoms with Gasteiger partial charge in [-0.25, -0.2) is 4.98 Å². The van der Waals surface area contributed by atoms with E-state index in [0.717, 1.165) is 64.0 Å². The molecule has 174 valence electrons. The average Bonchev–Trinajstić information content (AvgIpc) is 2.80. The van der Waals surface area contributed by atoms with E-state index < -0.39 is 11.7 Å². The Labute approximate surface area is 187 Å². The van der Waals surface area contributed by atoms with E-state index in [0.29, 0.717) is 11.4 Å². The zero-order chi connectivity index (χ0) is 22.6. The third kappa shape index (κ3) is 5.45. The highest BCUT2D eigenvalue weighted by Gasteiger charge is 2.37. The molecular formula is C24H30F3N3O2. The summed E-state index contributed by atoms with van der Waals surface area (Å²) in [6.45, 7) is 0. The molecule has 0 aliphatic heterocycles. The number of hydrogen-bond donors (Lipinski definition) is 0. The Morgan fingerprint density at radius 3 is 2.09 bits per heavy atom. The van der Waals surface area contributed by atoms with Gasteiger partial charge >= 0.3 is 12.2 Å². The molecule has 1 aromatic carbocycles. The third-order valence-corrected chi connectivity index (χ3v) is 6.27. The molecule has 2 aliphatic carbocycles. The predicted octanol–water partition coefficient (Wildman–Crippen LogP) is 6.69. The van der Waals surface area contributed by atoms with Gasteiger partial charge < -0.3 is 14.4 Å². The molecule has 0 atom stereocenters. The minimum atomic E-state index is -4.59. The molecule has 0 amide bonds. The second-order valence-electron chi connectivity index (χ2n) is 8.67. The molecule has 0 spiro atoms. The first kappa shape index (κ1) is 22.7. The van der Waals surface area contributed by atoms with Crippen LogP contribution in [0.25, 0.3) is 0 Å². The summed E-state index contributed by atoms with van der Waals surface area (Å²) in [4.78, 5) is 9.52. The van der Waals surface area contributed by atoms with E-state index >= 15 is 0 Å². The van der Waals surface area contributed by atoms with E-state index in [1.165, 1.54) is 11.3 Å². The zero-order valence-corrected chi connectivity index (χ0v) is 18.4. The average molecular weight is 450 g/mol. The first-order valence-electron chi connectivity index (χ1n) is 11.5. The zero-order valence-electron chi connectivity index (χ0n) is 18.4. The Hall–Kier alpha value is -2.51. The Bertz CT molecular complexity index is 894. The fourth-order valence-electron chi connectivity index (χ4n) is 4.51. The second-order valence-corrected chi connectivity index (χ2v) is 8.67. The van der Waals surface area contributed by atoms with Gasteiger partial charge in [0.25, 0.3) is 0 Å². The number of hydrogen-bond acceptors (Lipinski definition) is 5. The van der Waals surface area contributed by atoms with Crippen LogP contribution in [-0.4, -0.2) is 29.2 Å². The van der Waals surface area contributed by atoms with Gasteiger partial charge in [0.15, 0.2) is 5.82 Å². The van der Waals surface area contributed by atoms with Crippen LogP contribution in [0.2, 0.25) is 0 Å². The van der Waals surface area contributed by atoms with Crippen LogP contribution in [-0.2, 0) is 6.18 Å². The van der Waals surface area contributed by atoms with Crippen molar-refractivity contribution in [3.63, 3.8) is 0 Å². The minimum Gasteiger partial charge on any atom is -0.488 e. The van der Waals surface area contributed by atoms with Crippen molar-refractivity contribution in [3.05, 3.63) is 36.0 Å². The van der Waals surface area contributed by atoms with Crippen LogP contribution in [0.1, 0.15) is 69.8 Å². The molecule has 0 N–H and O–H groups in total. The second kappa shape index (κ2) is 9.96. The van der Waals surface area contributed by atoms with Crippen molar-refractivity contribution in [1.82, 2.24) is 9.97 Å². The van der Waals surface area contributed by atoms with Crippen molar-refractivity contribution in [2.75, 3.05) is 11.9 Å². The summed E-state index contributed by atoms with van der Waals surface area (Å²) >= 11 is 0. The smallest absolute Gasteiger partial charge is 0.421 e. The molecule has 2 fully saturated rings. The van der Waals surface area contributed by atoms with Gasteiger partial charge in [0.2, 0.25) is 0 Å². The highest BCUT2D eigenvalue weighted by atomic mass is 19.4. The van der Waals surface area contributed by atoms with Crippen molar-refractivity contribution in [1.29, 1.82) is 0 Å². The van der Waals surface area contributed by atoms with E-state index in [4.69, 9.17) is 9.47 Å². The molecule has 0 saturated heterocycles. The van der Waals surface area contributed by atoms with Crippen LogP contribution in [0.15, 0.2) is 30.5 Å². The number of ether oxygens (including phenoxy) is 2. The van der Waals surface area contributed by atoms with Crippen molar-refractivity contribution in [2.45, 2.75) is 82.6 Å². The molecule has 8 heteroatoms. The van der Waals surface area contributed by atoms with Crippen LogP contribution in [0.4, 0.5) is 24.7 Å². The Balaban J connectivity index is 1.64. The Morgan fingerprint density at radius 1 is 0.875 bits per heavy atom. The molecule has 32 heavy (non-hydrogen) atoms. The lowest BCUT2D eigenvalue weighted by atomic mass is 9.98. The topological polar surface area (TPSA) is 47.5 Å². The number of benzene rings is 1. The van der Waals surface area contributed by atoms with Gasteiger partial charge in [0.05, 0.1) is 11.8 Å². The summed E-state index contributed by atoms with van der Waals surface area (Å²) in [7, 11) is 1.57. The number of rotatable bonds is 6. The molecular weight excluding hydrogens is 419 g/mol. The van der Waals surface area contributed by atoms with Crippen LogP contribution in [0.3, 0.4) is 0 Å². The number of halogens is 3.